The molecule has 110 valence electrons. The first-order chi connectivity index (χ1) is 9.53. The smallest absolute Gasteiger partial charge is 0.223 e. The summed E-state index contributed by atoms with van der Waals surface area (Å²) in [6.45, 7) is 4.97. The first-order valence-electron chi connectivity index (χ1n) is 7.49. The molecule has 1 fully saturated rings. The van der Waals surface area contributed by atoms with Crippen molar-refractivity contribution >= 4 is 5.91 Å². The van der Waals surface area contributed by atoms with Crippen molar-refractivity contribution in [3.63, 3.8) is 0 Å². The maximum atomic E-state index is 12.4. The molecule has 0 radical (unpaired) electrons. The van der Waals surface area contributed by atoms with Crippen LogP contribution < -0.4 is 5.32 Å². The zero-order valence-electron chi connectivity index (χ0n) is 12.5. The average molecular weight is 275 g/mol. The second kappa shape index (κ2) is 6.40. The third-order valence-electron chi connectivity index (χ3n) is 4.46. The van der Waals surface area contributed by atoms with Crippen molar-refractivity contribution < 1.29 is 9.90 Å². The monoisotopic (exact) mass is 275 g/mol. The van der Waals surface area contributed by atoms with Crippen molar-refractivity contribution in [2.75, 3.05) is 0 Å². The van der Waals surface area contributed by atoms with Gasteiger partial charge in [0.2, 0.25) is 5.91 Å². The predicted octanol–water partition coefficient (Wildman–Crippen LogP) is 3.01. The number of carbonyl (C=O) groups excluding carboxylic acids is 1. The molecule has 0 aliphatic heterocycles. The molecule has 1 aliphatic carbocycles. The molecule has 2 N–H and O–H groups in total. The van der Waals surface area contributed by atoms with Gasteiger partial charge in [-0.1, -0.05) is 51.0 Å². The summed E-state index contributed by atoms with van der Waals surface area (Å²) in [6.07, 6.45) is 4.51. The highest BCUT2D eigenvalue weighted by Gasteiger charge is 2.36. The lowest BCUT2D eigenvalue weighted by Gasteiger charge is -2.37. The molecule has 0 spiro atoms. The van der Waals surface area contributed by atoms with E-state index in [2.05, 4.69) is 19.2 Å². The molecule has 3 nitrogen and oxygen atoms in total. The Morgan fingerprint density at radius 1 is 1.35 bits per heavy atom. The molecule has 1 atom stereocenters. The van der Waals surface area contributed by atoms with Crippen molar-refractivity contribution in [2.45, 2.75) is 52.7 Å². The molecule has 1 aromatic carbocycles. The Balaban J connectivity index is 1.94. The van der Waals surface area contributed by atoms with Gasteiger partial charge >= 0.3 is 0 Å². The van der Waals surface area contributed by atoms with E-state index in [-0.39, 0.29) is 23.8 Å². The fourth-order valence-corrected chi connectivity index (χ4v) is 3.13. The third kappa shape index (κ3) is 3.60. The van der Waals surface area contributed by atoms with Gasteiger partial charge in [0.05, 0.1) is 6.61 Å². The molecule has 1 saturated carbocycles. The zero-order chi connectivity index (χ0) is 14.6. The molecule has 0 bridgehead atoms. The summed E-state index contributed by atoms with van der Waals surface area (Å²) < 4.78 is 0. The third-order valence-corrected chi connectivity index (χ3v) is 4.46. The largest absolute Gasteiger partial charge is 0.392 e. The van der Waals surface area contributed by atoms with Gasteiger partial charge in [-0.05, 0) is 29.4 Å². The van der Waals surface area contributed by atoms with Gasteiger partial charge < -0.3 is 10.4 Å². The van der Waals surface area contributed by atoms with Gasteiger partial charge in [0, 0.05) is 12.5 Å². The summed E-state index contributed by atoms with van der Waals surface area (Å²) >= 11 is 0. The van der Waals surface area contributed by atoms with Crippen molar-refractivity contribution in [1.82, 2.24) is 5.32 Å². The van der Waals surface area contributed by atoms with E-state index in [9.17, 15) is 4.79 Å². The molecule has 1 amide bonds. The van der Waals surface area contributed by atoms with Gasteiger partial charge in [-0.2, -0.15) is 0 Å². The highest BCUT2D eigenvalue weighted by atomic mass is 16.3. The van der Waals surface area contributed by atoms with Crippen molar-refractivity contribution in [2.24, 2.45) is 11.3 Å². The van der Waals surface area contributed by atoms with Crippen LogP contribution in [-0.2, 0) is 17.9 Å². The van der Waals surface area contributed by atoms with Gasteiger partial charge in [0.15, 0.2) is 0 Å². The molecule has 1 aliphatic rings. The molecular formula is C17H25NO2. The van der Waals surface area contributed by atoms with E-state index in [4.69, 9.17) is 5.11 Å². The van der Waals surface area contributed by atoms with Crippen LogP contribution in [0.4, 0.5) is 0 Å². The molecule has 2 rings (SSSR count). The Labute approximate surface area is 121 Å². The number of aliphatic hydroxyl groups excluding tert-OH is 1. The maximum absolute atomic E-state index is 12.4. The highest BCUT2D eigenvalue weighted by molar-refractivity contribution is 5.79. The summed E-state index contributed by atoms with van der Waals surface area (Å²) in [5.41, 5.74) is 2.03. The van der Waals surface area contributed by atoms with Gasteiger partial charge in [-0.3, -0.25) is 4.79 Å². The lowest BCUT2D eigenvalue weighted by Crippen LogP contribution is -2.40. The predicted molar refractivity (Wildman–Crippen MR) is 80.0 cm³/mol. The van der Waals surface area contributed by atoms with Crippen LogP contribution in [0.15, 0.2) is 24.3 Å². The molecule has 1 unspecified atom stereocenters. The minimum atomic E-state index is 0.0391. The van der Waals surface area contributed by atoms with E-state index in [0.717, 1.165) is 30.4 Å². The van der Waals surface area contributed by atoms with Crippen LogP contribution in [-0.4, -0.2) is 11.0 Å². The summed E-state index contributed by atoms with van der Waals surface area (Å²) in [7, 11) is 0. The van der Waals surface area contributed by atoms with Crippen LogP contribution in [0.25, 0.3) is 0 Å². The summed E-state index contributed by atoms with van der Waals surface area (Å²) in [5.74, 6) is 0.293. The Kier molecular flexibility index (Phi) is 4.81. The number of rotatable bonds is 4. The van der Waals surface area contributed by atoms with Crippen LogP contribution in [0, 0.1) is 11.3 Å². The molecular weight excluding hydrogens is 250 g/mol. The lowest BCUT2D eigenvalue weighted by atomic mass is 9.68. The number of nitrogens with one attached hydrogen (secondary N) is 1. The van der Waals surface area contributed by atoms with E-state index in [1.165, 1.54) is 6.42 Å². The van der Waals surface area contributed by atoms with Crippen LogP contribution >= 0.6 is 0 Å². The maximum Gasteiger partial charge on any atom is 0.223 e. The van der Waals surface area contributed by atoms with Crippen molar-refractivity contribution in [3.05, 3.63) is 35.4 Å². The Bertz CT molecular complexity index is 468. The first kappa shape index (κ1) is 15.0. The Morgan fingerprint density at radius 2 is 2.10 bits per heavy atom. The molecule has 0 aromatic heterocycles. The molecule has 20 heavy (non-hydrogen) atoms. The molecule has 0 saturated heterocycles. The van der Waals surface area contributed by atoms with E-state index in [0.29, 0.717) is 6.54 Å². The number of aliphatic hydroxyl groups is 1. The van der Waals surface area contributed by atoms with Crippen LogP contribution in [0.2, 0.25) is 0 Å². The van der Waals surface area contributed by atoms with Crippen molar-refractivity contribution in [3.8, 4) is 0 Å². The van der Waals surface area contributed by atoms with Crippen LogP contribution in [0.3, 0.4) is 0 Å². The fraction of sp³-hybridized carbons (Fsp3) is 0.588. The summed E-state index contributed by atoms with van der Waals surface area (Å²) in [6, 6.07) is 7.71. The van der Waals surface area contributed by atoms with Gasteiger partial charge in [-0.15, -0.1) is 0 Å². The second-order valence-corrected chi connectivity index (χ2v) is 6.48. The average Bonchev–Trinajstić information content (AvgIpc) is 2.44. The van der Waals surface area contributed by atoms with E-state index in [1.54, 1.807) is 0 Å². The van der Waals surface area contributed by atoms with Crippen LogP contribution in [0.5, 0.6) is 0 Å². The van der Waals surface area contributed by atoms with Gasteiger partial charge in [0.25, 0.3) is 0 Å². The summed E-state index contributed by atoms with van der Waals surface area (Å²) in [5, 5.41) is 12.2. The van der Waals surface area contributed by atoms with Crippen molar-refractivity contribution in [1.29, 1.82) is 0 Å². The SMILES string of the molecule is CC1(C)CCCCC1C(=O)NCc1cccc(CO)c1. The standard InChI is InChI=1S/C17H25NO2/c1-17(2)9-4-3-8-15(17)16(20)18-11-13-6-5-7-14(10-13)12-19/h5-7,10,15,19H,3-4,8-9,11-12H2,1-2H3,(H,18,20). The lowest BCUT2D eigenvalue weighted by molar-refractivity contribution is -0.130. The Hall–Kier alpha value is -1.35. The number of hydrogen-bond donors (Lipinski definition) is 2. The summed E-state index contributed by atoms with van der Waals surface area (Å²) in [4.78, 5) is 12.4. The molecule has 0 heterocycles. The molecule has 3 heteroatoms. The number of benzene rings is 1. The minimum Gasteiger partial charge on any atom is -0.392 e. The quantitative estimate of drug-likeness (QED) is 0.887. The molecule has 1 aromatic rings. The van der Waals surface area contributed by atoms with E-state index >= 15 is 0 Å². The first-order valence-corrected chi connectivity index (χ1v) is 7.49. The topological polar surface area (TPSA) is 49.3 Å². The normalized spacial score (nSPS) is 21.4. The van der Waals surface area contributed by atoms with Crippen LogP contribution in [0.1, 0.15) is 50.7 Å². The Morgan fingerprint density at radius 3 is 2.80 bits per heavy atom. The number of hydrogen-bond acceptors (Lipinski definition) is 2. The minimum absolute atomic E-state index is 0.0391. The van der Waals surface area contributed by atoms with E-state index < -0.39 is 0 Å². The highest BCUT2D eigenvalue weighted by Crippen LogP contribution is 2.40. The van der Waals surface area contributed by atoms with Gasteiger partial charge in [-0.25, -0.2) is 0 Å². The second-order valence-electron chi connectivity index (χ2n) is 6.48. The van der Waals surface area contributed by atoms with Gasteiger partial charge in [0.1, 0.15) is 0 Å². The fourth-order valence-electron chi connectivity index (χ4n) is 3.13. The van der Waals surface area contributed by atoms with E-state index in [1.807, 2.05) is 24.3 Å². The zero-order valence-corrected chi connectivity index (χ0v) is 12.5. The number of carbonyl (C=O) groups is 1. The number of amides is 1.